The van der Waals surface area contributed by atoms with Crippen molar-refractivity contribution in [3.8, 4) is 5.75 Å². The summed E-state index contributed by atoms with van der Waals surface area (Å²) in [6, 6.07) is 5.12. The minimum Gasteiger partial charge on any atom is -0.508 e. The summed E-state index contributed by atoms with van der Waals surface area (Å²) < 4.78 is 0. The van der Waals surface area contributed by atoms with E-state index in [9.17, 15) is 9.90 Å². The molecule has 1 saturated heterocycles. The van der Waals surface area contributed by atoms with Crippen LogP contribution in [0.1, 0.15) is 29.3 Å². The first-order valence-electron chi connectivity index (χ1n) is 6.22. The van der Waals surface area contributed by atoms with Crippen molar-refractivity contribution in [3.63, 3.8) is 0 Å². The van der Waals surface area contributed by atoms with Crippen LogP contribution in [0, 0.1) is 12.8 Å². The number of piperidine rings is 1. The topological polar surface area (TPSA) is 40.5 Å². The highest BCUT2D eigenvalue weighted by Crippen LogP contribution is 2.25. The summed E-state index contributed by atoms with van der Waals surface area (Å²) in [5.41, 5.74) is 1.36. The van der Waals surface area contributed by atoms with Gasteiger partial charge in [-0.1, -0.05) is 28.9 Å². The van der Waals surface area contributed by atoms with Crippen molar-refractivity contribution in [3.05, 3.63) is 29.3 Å². The van der Waals surface area contributed by atoms with Crippen LogP contribution in [0.5, 0.6) is 5.75 Å². The predicted molar refractivity (Wildman–Crippen MR) is 75.2 cm³/mol. The van der Waals surface area contributed by atoms with Gasteiger partial charge in [-0.2, -0.15) is 0 Å². The molecule has 98 valence electrons. The van der Waals surface area contributed by atoms with Gasteiger partial charge in [0.25, 0.3) is 5.91 Å². The van der Waals surface area contributed by atoms with E-state index in [1.54, 1.807) is 18.2 Å². The average molecular weight is 312 g/mol. The highest BCUT2D eigenvalue weighted by atomic mass is 79.9. The number of carbonyl (C=O) groups excluding carboxylic acids is 1. The van der Waals surface area contributed by atoms with Gasteiger partial charge < -0.3 is 10.0 Å². The number of phenols is 1. The number of carbonyl (C=O) groups is 1. The van der Waals surface area contributed by atoms with E-state index in [4.69, 9.17) is 0 Å². The number of alkyl halides is 1. The van der Waals surface area contributed by atoms with Gasteiger partial charge in [-0.25, -0.2) is 0 Å². The fourth-order valence-electron chi connectivity index (χ4n) is 2.23. The van der Waals surface area contributed by atoms with Crippen molar-refractivity contribution in [1.82, 2.24) is 4.90 Å². The van der Waals surface area contributed by atoms with Gasteiger partial charge in [0.2, 0.25) is 0 Å². The second-order valence-electron chi connectivity index (χ2n) is 5.03. The van der Waals surface area contributed by atoms with Crippen LogP contribution < -0.4 is 0 Å². The molecule has 3 nitrogen and oxygen atoms in total. The molecule has 1 aliphatic heterocycles. The minimum atomic E-state index is 0.0107. The molecule has 0 aliphatic carbocycles. The Morgan fingerprint density at radius 3 is 2.83 bits per heavy atom. The van der Waals surface area contributed by atoms with Crippen LogP contribution in [0.2, 0.25) is 0 Å². The highest BCUT2D eigenvalue weighted by molar-refractivity contribution is 9.09. The largest absolute Gasteiger partial charge is 0.508 e. The van der Waals surface area contributed by atoms with E-state index in [0.717, 1.165) is 25.1 Å². The highest BCUT2D eigenvalue weighted by Gasteiger charge is 2.27. The molecule has 1 N–H and O–H groups in total. The molecule has 4 heteroatoms. The molecule has 18 heavy (non-hydrogen) atoms. The van der Waals surface area contributed by atoms with Gasteiger partial charge in [0.15, 0.2) is 0 Å². The van der Waals surface area contributed by atoms with Crippen molar-refractivity contribution in [2.75, 3.05) is 13.1 Å². The van der Waals surface area contributed by atoms with E-state index in [1.165, 1.54) is 0 Å². The zero-order chi connectivity index (χ0) is 13.3. The molecule has 1 aliphatic rings. The van der Waals surface area contributed by atoms with Gasteiger partial charge in [-0.3, -0.25) is 4.79 Å². The normalized spacial score (nSPS) is 24.1. The fraction of sp³-hybridized carbons (Fsp3) is 0.500. The van der Waals surface area contributed by atoms with Crippen LogP contribution in [0.3, 0.4) is 0 Å². The number of amides is 1. The summed E-state index contributed by atoms with van der Waals surface area (Å²) in [4.78, 5) is 14.7. The molecular formula is C14H18BrNO2. The monoisotopic (exact) mass is 311 g/mol. The Hall–Kier alpha value is -1.03. The van der Waals surface area contributed by atoms with Gasteiger partial charge in [0.1, 0.15) is 5.75 Å². The lowest BCUT2D eigenvalue weighted by atomic mass is 9.99. The molecule has 1 fully saturated rings. The smallest absolute Gasteiger partial charge is 0.253 e. The van der Waals surface area contributed by atoms with Crippen LogP contribution in [-0.2, 0) is 0 Å². The molecule has 1 amide bonds. The number of halogens is 1. The van der Waals surface area contributed by atoms with Gasteiger partial charge in [0, 0.05) is 23.5 Å². The summed E-state index contributed by atoms with van der Waals surface area (Å²) >= 11 is 3.63. The molecule has 2 unspecified atom stereocenters. The first-order valence-corrected chi connectivity index (χ1v) is 7.13. The number of benzene rings is 1. The standard InChI is InChI=1S/C14H18BrNO2/c1-9-3-4-11(7-13(9)17)14(18)16-6-5-12(15)10(2)8-16/h3-4,7,10,12,17H,5-6,8H2,1-2H3. The SMILES string of the molecule is Cc1ccc(C(=O)N2CCC(Br)C(C)C2)cc1O. The lowest BCUT2D eigenvalue weighted by Gasteiger charge is -2.34. The molecule has 1 aromatic rings. The third-order valence-corrected chi connectivity index (χ3v) is 4.90. The first-order chi connectivity index (χ1) is 8.49. The molecule has 0 saturated carbocycles. The fourth-order valence-corrected chi connectivity index (χ4v) is 2.60. The summed E-state index contributed by atoms with van der Waals surface area (Å²) in [5, 5.41) is 9.66. The number of rotatable bonds is 1. The Bertz CT molecular complexity index is 461. The maximum absolute atomic E-state index is 12.3. The lowest BCUT2D eigenvalue weighted by Crippen LogP contribution is -2.43. The predicted octanol–water partition coefficient (Wildman–Crippen LogP) is 2.95. The second-order valence-corrected chi connectivity index (χ2v) is 6.21. The van der Waals surface area contributed by atoms with Crippen molar-refractivity contribution >= 4 is 21.8 Å². The van der Waals surface area contributed by atoms with Crippen LogP contribution >= 0.6 is 15.9 Å². The molecule has 0 bridgehead atoms. The number of phenolic OH excluding ortho intramolecular Hbond substituents is 1. The number of aryl methyl sites for hydroxylation is 1. The zero-order valence-electron chi connectivity index (χ0n) is 10.7. The van der Waals surface area contributed by atoms with Gasteiger partial charge >= 0.3 is 0 Å². The lowest BCUT2D eigenvalue weighted by molar-refractivity contribution is 0.0690. The quantitative estimate of drug-likeness (QED) is 0.810. The van der Waals surface area contributed by atoms with E-state index in [1.807, 2.05) is 11.8 Å². The Labute approximate surface area is 116 Å². The third kappa shape index (κ3) is 2.69. The van der Waals surface area contributed by atoms with Crippen molar-refractivity contribution in [1.29, 1.82) is 0 Å². The Kier molecular flexibility index (Phi) is 3.95. The number of hydrogen-bond acceptors (Lipinski definition) is 2. The Balaban J connectivity index is 2.14. The minimum absolute atomic E-state index is 0.0107. The van der Waals surface area contributed by atoms with Crippen molar-refractivity contribution in [2.45, 2.75) is 25.1 Å². The molecule has 1 aromatic carbocycles. The van der Waals surface area contributed by atoms with Crippen molar-refractivity contribution in [2.24, 2.45) is 5.92 Å². The zero-order valence-corrected chi connectivity index (χ0v) is 12.3. The number of aromatic hydroxyl groups is 1. The molecule has 0 spiro atoms. The second kappa shape index (κ2) is 5.31. The van der Waals surface area contributed by atoms with E-state index < -0.39 is 0 Å². The van der Waals surface area contributed by atoms with E-state index >= 15 is 0 Å². The molecular weight excluding hydrogens is 294 g/mol. The average Bonchev–Trinajstić information content (AvgIpc) is 2.35. The van der Waals surface area contributed by atoms with Crippen LogP contribution in [0.25, 0.3) is 0 Å². The molecule has 2 atom stereocenters. The summed E-state index contributed by atoms with van der Waals surface area (Å²) in [6.45, 7) is 5.50. The number of likely N-dealkylation sites (tertiary alicyclic amines) is 1. The molecule has 2 rings (SSSR count). The first kappa shape index (κ1) is 13.4. The van der Waals surface area contributed by atoms with E-state index in [2.05, 4.69) is 22.9 Å². The molecule has 0 radical (unpaired) electrons. The van der Waals surface area contributed by atoms with Gasteiger partial charge in [-0.15, -0.1) is 0 Å². The molecule has 1 heterocycles. The third-order valence-electron chi connectivity index (χ3n) is 3.54. The van der Waals surface area contributed by atoms with Crippen LogP contribution in [0.15, 0.2) is 18.2 Å². The van der Waals surface area contributed by atoms with E-state index in [0.29, 0.717) is 16.3 Å². The van der Waals surface area contributed by atoms with Crippen LogP contribution in [-0.4, -0.2) is 33.8 Å². The Morgan fingerprint density at radius 2 is 2.22 bits per heavy atom. The number of nitrogens with zero attached hydrogens (tertiary/aromatic N) is 1. The maximum atomic E-state index is 12.3. The van der Waals surface area contributed by atoms with Gasteiger partial charge in [0.05, 0.1) is 0 Å². The summed E-state index contributed by atoms with van der Waals surface area (Å²) in [6.07, 6.45) is 0.977. The summed E-state index contributed by atoms with van der Waals surface area (Å²) in [7, 11) is 0. The van der Waals surface area contributed by atoms with E-state index in [-0.39, 0.29) is 11.7 Å². The number of hydrogen-bond donors (Lipinski definition) is 1. The molecule has 0 aromatic heterocycles. The van der Waals surface area contributed by atoms with Crippen LogP contribution in [0.4, 0.5) is 0 Å². The summed E-state index contributed by atoms with van der Waals surface area (Å²) in [5.74, 6) is 0.655. The maximum Gasteiger partial charge on any atom is 0.253 e. The van der Waals surface area contributed by atoms with Gasteiger partial charge in [-0.05, 0) is 37.0 Å². The Morgan fingerprint density at radius 1 is 1.50 bits per heavy atom. The van der Waals surface area contributed by atoms with Crippen molar-refractivity contribution < 1.29 is 9.90 Å².